The molecule has 64 heavy (non-hydrogen) atoms. The van der Waals surface area contributed by atoms with E-state index >= 15 is 0 Å². The molecule has 0 saturated carbocycles. The van der Waals surface area contributed by atoms with Crippen molar-refractivity contribution in [3.05, 3.63) is 0 Å². The fourth-order valence-electron chi connectivity index (χ4n) is 8.87. The topological polar surface area (TPSA) is 78.9 Å². The monoisotopic (exact) mass is 905 g/mol. The number of ether oxygens (including phenoxy) is 3. The molecule has 0 amide bonds. The van der Waals surface area contributed by atoms with E-state index in [0.29, 0.717) is 19.3 Å². The third kappa shape index (κ3) is 51.4. The highest BCUT2D eigenvalue weighted by atomic mass is 16.6. The molecule has 0 aliphatic rings. The van der Waals surface area contributed by atoms with Gasteiger partial charge in [0.15, 0.2) is 6.10 Å². The van der Waals surface area contributed by atoms with Crippen molar-refractivity contribution in [2.75, 3.05) is 13.2 Å². The Morgan fingerprint density at radius 2 is 0.516 bits per heavy atom. The Bertz CT molecular complexity index is 978. The molecular formula is C58H112O6. The highest BCUT2D eigenvalue weighted by Crippen LogP contribution is 2.18. The van der Waals surface area contributed by atoms with Gasteiger partial charge < -0.3 is 14.2 Å². The van der Waals surface area contributed by atoms with Crippen LogP contribution in [0.1, 0.15) is 324 Å². The van der Waals surface area contributed by atoms with Crippen LogP contribution >= 0.6 is 0 Å². The van der Waals surface area contributed by atoms with Crippen molar-refractivity contribution in [2.24, 2.45) is 11.8 Å². The lowest BCUT2D eigenvalue weighted by atomic mass is 10.0. The fourth-order valence-corrected chi connectivity index (χ4v) is 8.87. The molecule has 0 heterocycles. The quantitative estimate of drug-likeness (QED) is 0.0344. The second-order valence-corrected chi connectivity index (χ2v) is 20.9. The van der Waals surface area contributed by atoms with Gasteiger partial charge in [-0.15, -0.1) is 0 Å². The molecule has 0 N–H and O–H groups in total. The normalized spacial score (nSPS) is 12.0. The zero-order chi connectivity index (χ0) is 46.8. The minimum Gasteiger partial charge on any atom is -0.462 e. The summed E-state index contributed by atoms with van der Waals surface area (Å²) in [5.41, 5.74) is 0. The van der Waals surface area contributed by atoms with E-state index < -0.39 is 6.10 Å². The van der Waals surface area contributed by atoms with E-state index in [4.69, 9.17) is 14.2 Å². The first kappa shape index (κ1) is 62.4. The molecule has 0 saturated heterocycles. The third-order valence-corrected chi connectivity index (χ3v) is 13.2. The van der Waals surface area contributed by atoms with Crippen LogP contribution in [0.3, 0.4) is 0 Å². The Morgan fingerprint density at radius 1 is 0.297 bits per heavy atom. The fraction of sp³-hybridized carbons (Fsp3) is 0.948. The molecule has 0 fully saturated rings. The predicted octanol–water partition coefficient (Wildman–Crippen LogP) is 18.9. The molecule has 0 aromatic carbocycles. The SMILES string of the molecule is CCCCCCCCCCCCCCCCCCCCC(=O)O[C@H](COC(=O)CCCCCCCCCCCCCCC(C)C)COC(=O)CCCCCCCCCCCCC(C)C. The summed E-state index contributed by atoms with van der Waals surface area (Å²) < 4.78 is 16.9. The number of hydrogen-bond donors (Lipinski definition) is 0. The first-order valence-electron chi connectivity index (χ1n) is 28.7. The second kappa shape index (κ2) is 50.8. The summed E-state index contributed by atoms with van der Waals surface area (Å²) in [6.07, 6.45) is 53.8. The van der Waals surface area contributed by atoms with E-state index in [1.165, 1.54) is 212 Å². The summed E-state index contributed by atoms with van der Waals surface area (Å²) in [5, 5.41) is 0. The van der Waals surface area contributed by atoms with Crippen molar-refractivity contribution in [1.29, 1.82) is 0 Å². The van der Waals surface area contributed by atoms with Crippen LogP contribution in [0.2, 0.25) is 0 Å². The van der Waals surface area contributed by atoms with E-state index in [-0.39, 0.29) is 31.1 Å². The largest absolute Gasteiger partial charge is 0.462 e. The number of hydrogen-bond acceptors (Lipinski definition) is 6. The van der Waals surface area contributed by atoms with E-state index in [9.17, 15) is 14.4 Å². The Morgan fingerprint density at radius 3 is 0.766 bits per heavy atom. The molecule has 1 atom stereocenters. The van der Waals surface area contributed by atoms with Gasteiger partial charge >= 0.3 is 17.9 Å². The second-order valence-electron chi connectivity index (χ2n) is 20.9. The summed E-state index contributed by atoms with van der Waals surface area (Å²) in [7, 11) is 0. The van der Waals surface area contributed by atoms with Crippen molar-refractivity contribution in [2.45, 2.75) is 330 Å². The molecule has 0 spiro atoms. The van der Waals surface area contributed by atoms with Crippen LogP contribution in [-0.2, 0) is 28.6 Å². The summed E-state index contributed by atoms with van der Waals surface area (Å²) in [5.74, 6) is 0.811. The van der Waals surface area contributed by atoms with Crippen LogP contribution in [0.15, 0.2) is 0 Å². The number of carbonyl (C=O) groups is 3. The van der Waals surface area contributed by atoms with Gasteiger partial charge in [0.2, 0.25) is 0 Å². The standard InChI is InChI=1S/C58H112O6/c1-6-7-8-9-10-11-12-13-14-15-16-17-18-23-30-35-40-45-50-58(61)64-55(52-63-57(60)49-44-39-34-29-25-24-27-32-37-42-47-54(4)5)51-62-56(59)48-43-38-33-28-22-20-19-21-26-31-36-41-46-53(2)3/h53-55H,6-52H2,1-5H3/t55-/m1/s1. The molecule has 0 aromatic rings. The zero-order valence-corrected chi connectivity index (χ0v) is 43.9. The number of esters is 3. The van der Waals surface area contributed by atoms with Gasteiger partial charge in [-0.25, -0.2) is 0 Å². The van der Waals surface area contributed by atoms with Crippen LogP contribution in [0.4, 0.5) is 0 Å². The highest BCUT2D eigenvalue weighted by molar-refractivity contribution is 5.71. The molecule has 0 bridgehead atoms. The number of carbonyl (C=O) groups excluding carboxylic acids is 3. The van der Waals surface area contributed by atoms with Crippen molar-refractivity contribution in [1.82, 2.24) is 0 Å². The Balaban J connectivity index is 4.29. The predicted molar refractivity (Wildman–Crippen MR) is 275 cm³/mol. The summed E-state index contributed by atoms with van der Waals surface area (Å²) in [6.45, 7) is 11.4. The minimum atomic E-state index is -0.763. The maximum atomic E-state index is 12.8. The first-order chi connectivity index (χ1) is 31.2. The Kier molecular flexibility index (Phi) is 49.6. The van der Waals surface area contributed by atoms with Crippen LogP contribution in [0.5, 0.6) is 0 Å². The highest BCUT2D eigenvalue weighted by Gasteiger charge is 2.19. The molecule has 0 rings (SSSR count). The lowest BCUT2D eigenvalue weighted by Crippen LogP contribution is -2.30. The molecule has 0 radical (unpaired) electrons. The average molecular weight is 906 g/mol. The maximum Gasteiger partial charge on any atom is 0.306 e. The average Bonchev–Trinajstić information content (AvgIpc) is 3.27. The maximum absolute atomic E-state index is 12.8. The summed E-state index contributed by atoms with van der Waals surface area (Å²) in [4.78, 5) is 38.1. The molecule has 0 aromatic heterocycles. The molecular weight excluding hydrogens is 793 g/mol. The van der Waals surface area contributed by atoms with Crippen molar-refractivity contribution in [3.63, 3.8) is 0 Å². The zero-order valence-electron chi connectivity index (χ0n) is 43.9. The van der Waals surface area contributed by atoms with E-state index in [1.54, 1.807) is 0 Å². The molecule has 6 heteroatoms. The smallest absolute Gasteiger partial charge is 0.306 e. The van der Waals surface area contributed by atoms with Gasteiger partial charge in [-0.2, -0.15) is 0 Å². The van der Waals surface area contributed by atoms with Crippen LogP contribution in [-0.4, -0.2) is 37.2 Å². The lowest BCUT2D eigenvalue weighted by molar-refractivity contribution is -0.167. The minimum absolute atomic E-state index is 0.0631. The molecule has 380 valence electrons. The van der Waals surface area contributed by atoms with E-state index in [0.717, 1.165) is 69.6 Å². The molecule has 0 aliphatic heterocycles. The van der Waals surface area contributed by atoms with E-state index in [1.807, 2.05) is 0 Å². The van der Waals surface area contributed by atoms with E-state index in [2.05, 4.69) is 34.6 Å². The van der Waals surface area contributed by atoms with Gasteiger partial charge in [0.25, 0.3) is 0 Å². The van der Waals surface area contributed by atoms with Gasteiger partial charge in [0, 0.05) is 19.3 Å². The van der Waals surface area contributed by atoms with Gasteiger partial charge in [-0.3, -0.25) is 14.4 Å². The van der Waals surface area contributed by atoms with Gasteiger partial charge in [0.05, 0.1) is 0 Å². The van der Waals surface area contributed by atoms with Crippen molar-refractivity contribution >= 4 is 17.9 Å². The summed E-state index contributed by atoms with van der Waals surface area (Å²) in [6, 6.07) is 0. The van der Waals surface area contributed by atoms with Crippen molar-refractivity contribution < 1.29 is 28.6 Å². The number of rotatable bonds is 52. The molecule has 0 aliphatic carbocycles. The number of unbranched alkanes of at least 4 members (excludes halogenated alkanes) is 37. The van der Waals surface area contributed by atoms with Crippen LogP contribution in [0, 0.1) is 11.8 Å². The van der Waals surface area contributed by atoms with Crippen LogP contribution in [0.25, 0.3) is 0 Å². The van der Waals surface area contributed by atoms with Crippen LogP contribution < -0.4 is 0 Å². The van der Waals surface area contributed by atoms with Gasteiger partial charge in [-0.05, 0) is 31.1 Å². The first-order valence-corrected chi connectivity index (χ1v) is 28.7. The van der Waals surface area contributed by atoms with Gasteiger partial charge in [-0.1, -0.05) is 285 Å². The van der Waals surface area contributed by atoms with Crippen molar-refractivity contribution in [3.8, 4) is 0 Å². The Hall–Kier alpha value is -1.59. The lowest BCUT2D eigenvalue weighted by Gasteiger charge is -2.18. The third-order valence-electron chi connectivity index (χ3n) is 13.2. The molecule has 6 nitrogen and oxygen atoms in total. The summed E-state index contributed by atoms with van der Waals surface area (Å²) >= 11 is 0. The molecule has 0 unspecified atom stereocenters. The Labute approximate surface area is 399 Å². The van der Waals surface area contributed by atoms with Gasteiger partial charge in [0.1, 0.15) is 13.2 Å².